The Labute approximate surface area is 127 Å². The molecular formula is C17H15N3O2. The summed E-state index contributed by atoms with van der Waals surface area (Å²) in [6.45, 7) is 4.15. The van der Waals surface area contributed by atoms with E-state index >= 15 is 0 Å². The molecule has 110 valence electrons. The largest absolute Gasteiger partial charge is 0.347 e. The Morgan fingerprint density at radius 1 is 1.23 bits per heavy atom. The number of anilines is 2. The third-order valence-electron chi connectivity index (χ3n) is 4.35. The van der Waals surface area contributed by atoms with Gasteiger partial charge in [0.15, 0.2) is 6.19 Å². The molecule has 2 aromatic rings. The van der Waals surface area contributed by atoms with Crippen molar-refractivity contribution in [2.75, 3.05) is 17.3 Å². The topological polar surface area (TPSA) is 73.2 Å². The normalized spacial score (nSPS) is 17.5. The van der Waals surface area contributed by atoms with E-state index in [0.29, 0.717) is 0 Å². The first kappa shape index (κ1) is 14.1. The van der Waals surface area contributed by atoms with E-state index in [1.54, 1.807) is 12.3 Å². The molecule has 1 N–H and O–H groups in total. The molecule has 0 spiro atoms. The van der Waals surface area contributed by atoms with Crippen molar-refractivity contribution in [3.05, 3.63) is 61.5 Å². The average Bonchev–Trinajstić information content (AvgIpc) is 2.71. The molecular weight excluding hydrogens is 278 g/mol. The van der Waals surface area contributed by atoms with Crippen LogP contribution in [0.2, 0.25) is 0 Å². The first-order chi connectivity index (χ1) is 10.4. The molecule has 0 amide bonds. The molecule has 0 radical (unpaired) electrons. The monoisotopic (exact) mass is 293 g/mol. The summed E-state index contributed by atoms with van der Waals surface area (Å²) in [5.74, 6) is 0. The molecule has 0 atom stereocenters. The summed E-state index contributed by atoms with van der Waals surface area (Å²) in [7, 11) is 1.93. The van der Waals surface area contributed by atoms with Crippen molar-refractivity contribution in [1.29, 1.82) is 5.26 Å². The molecule has 2 aromatic carbocycles. The Morgan fingerprint density at radius 2 is 1.91 bits per heavy atom. The predicted molar refractivity (Wildman–Crippen MR) is 86.4 cm³/mol. The number of hydrogen-bond donors (Lipinski definition) is 1. The van der Waals surface area contributed by atoms with Crippen LogP contribution in [-0.4, -0.2) is 7.05 Å². The summed E-state index contributed by atoms with van der Waals surface area (Å²) < 4.78 is 0. The molecule has 1 heterocycles. The molecule has 0 aromatic heterocycles. The number of rotatable bonds is 2. The van der Waals surface area contributed by atoms with Gasteiger partial charge in [-0.05, 0) is 17.7 Å². The SMILES string of the molecule is CN1C(=Cc2c(NC#N)c(=O)c2=O)C(C)(C)c2ccccc21. The molecule has 5 heteroatoms. The molecule has 1 aliphatic rings. The Hall–Kier alpha value is -2.87. The molecule has 0 bridgehead atoms. The van der Waals surface area contributed by atoms with E-state index < -0.39 is 10.9 Å². The van der Waals surface area contributed by atoms with Gasteiger partial charge in [-0.15, -0.1) is 0 Å². The highest BCUT2D eigenvalue weighted by molar-refractivity contribution is 5.80. The van der Waals surface area contributed by atoms with Crippen molar-refractivity contribution in [3.63, 3.8) is 0 Å². The van der Waals surface area contributed by atoms with Gasteiger partial charge in [0.05, 0.1) is 5.56 Å². The third-order valence-corrected chi connectivity index (χ3v) is 4.35. The standard InChI is InChI=1S/C17H15N3O2/c1-17(2)11-6-4-5-7-12(11)20(3)13(17)8-10-14(19-9-18)16(22)15(10)21/h4-8,19H,1-3H3. The van der Waals surface area contributed by atoms with Gasteiger partial charge in [-0.3, -0.25) is 14.9 Å². The molecule has 0 unspecified atom stereocenters. The molecule has 0 saturated heterocycles. The van der Waals surface area contributed by atoms with Crippen LogP contribution in [0.3, 0.4) is 0 Å². The van der Waals surface area contributed by atoms with E-state index in [0.717, 1.165) is 16.9 Å². The quantitative estimate of drug-likeness (QED) is 0.520. The highest BCUT2D eigenvalue weighted by Crippen LogP contribution is 2.47. The molecule has 0 fully saturated rings. The van der Waals surface area contributed by atoms with Gasteiger partial charge in [0.2, 0.25) is 5.43 Å². The Balaban J connectivity index is 2.15. The number of para-hydroxylation sites is 1. The smallest absolute Gasteiger partial charge is 0.251 e. The number of allylic oxidation sites excluding steroid dienone is 1. The zero-order valence-electron chi connectivity index (χ0n) is 12.6. The molecule has 1 aliphatic heterocycles. The van der Waals surface area contributed by atoms with Crippen LogP contribution in [0.1, 0.15) is 25.0 Å². The first-order valence-electron chi connectivity index (χ1n) is 6.93. The third kappa shape index (κ3) is 1.70. The lowest BCUT2D eigenvalue weighted by atomic mass is 9.83. The molecule has 0 saturated carbocycles. The number of benzene rings is 1. The van der Waals surface area contributed by atoms with Crippen LogP contribution in [0.25, 0.3) is 6.08 Å². The Kier molecular flexibility index (Phi) is 2.92. The van der Waals surface area contributed by atoms with Crippen LogP contribution in [0.5, 0.6) is 0 Å². The molecule has 0 aliphatic carbocycles. The van der Waals surface area contributed by atoms with Gasteiger partial charge < -0.3 is 4.90 Å². The average molecular weight is 293 g/mol. The van der Waals surface area contributed by atoms with Gasteiger partial charge in [0.25, 0.3) is 5.43 Å². The highest BCUT2D eigenvalue weighted by atomic mass is 16.2. The first-order valence-corrected chi connectivity index (χ1v) is 6.93. The van der Waals surface area contributed by atoms with Crippen LogP contribution < -0.4 is 21.1 Å². The lowest BCUT2D eigenvalue weighted by molar-refractivity contribution is 0.645. The lowest BCUT2D eigenvalue weighted by Crippen LogP contribution is -2.37. The number of nitrogens with one attached hydrogen (secondary N) is 1. The Bertz CT molecular complexity index is 909. The fourth-order valence-electron chi connectivity index (χ4n) is 3.12. The van der Waals surface area contributed by atoms with E-state index in [2.05, 4.69) is 25.2 Å². The minimum absolute atomic E-state index is 0.0835. The van der Waals surface area contributed by atoms with Crippen molar-refractivity contribution in [1.82, 2.24) is 0 Å². The number of hydrogen-bond acceptors (Lipinski definition) is 5. The van der Waals surface area contributed by atoms with Crippen LogP contribution in [-0.2, 0) is 5.41 Å². The summed E-state index contributed by atoms with van der Waals surface area (Å²) >= 11 is 0. The van der Waals surface area contributed by atoms with E-state index in [1.165, 1.54) is 0 Å². The number of likely N-dealkylation sites (N-methyl/N-ethyl adjacent to an activating group) is 1. The summed E-state index contributed by atoms with van der Waals surface area (Å²) in [5, 5.41) is 11.0. The number of nitrogens with zero attached hydrogens (tertiary/aromatic N) is 2. The van der Waals surface area contributed by atoms with Gasteiger partial charge in [-0.25, -0.2) is 0 Å². The maximum atomic E-state index is 11.8. The lowest BCUT2D eigenvalue weighted by Gasteiger charge is -2.24. The molecule has 3 rings (SSSR count). The van der Waals surface area contributed by atoms with Crippen LogP contribution in [0, 0.1) is 11.5 Å². The second kappa shape index (κ2) is 4.57. The van der Waals surface area contributed by atoms with E-state index in [1.807, 2.05) is 30.1 Å². The fourth-order valence-corrected chi connectivity index (χ4v) is 3.12. The Morgan fingerprint density at radius 3 is 2.55 bits per heavy atom. The summed E-state index contributed by atoms with van der Waals surface area (Å²) in [6.07, 6.45) is 3.41. The maximum Gasteiger partial charge on any atom is 0.251 e. The number of fused-ring (bicyclic) bond motifs is 1. The molecule has 5 nitrogen and oxygen atoms in total. The maximum absolute atomic E-state index is 11.8. The van der Waals surface area contributed by atoms with Crippen LogP contribution in [0.4, 0.5) is 11.4 Å². The van der Waals surface area contributed by atoms with Gasteiger partial charge in [0.1, 0.15) is 5.69 Å². The zero-order valence-corrected chi connectivity index (χ0v) is 12.6. The van der Waals surface area contributed by atoms with Crippen molar-refractivity contribution < 1.29 is 0 Å². The molecule has 22 heavy (non-hydrogen) atoms. The second-order valence-electron chi connectivity index (χ2n) is 5.91. The van der Waals surface area contributed by atoms with Crippen LogP contribution >= 0.6 is 0 Å². The minimum Gasteiger partial charge on any atom is -0.347 e. The van der Waals surface area contributed by atoms with E-state index in [-0.39, 0.29) is 16.7 Å². The van der Waals surface area contributed by atoms with Crippen molar-refractivity contribution in [2.24, 2.45) is 0 Å². The zero-order chi connectivity index (χ0) is 16.1. The summed E-state index contributed by atoms with van der Waals surface area (Å²) in [5.41, 5.74) is 2.05. The van der Waals surface area contributed by atoms with Gasteiger partial charge in [-0.2, -0.15) is 5.26 Å². The van der Waals surface area contributed by atoms with Crippen molar-refractivity contribution in [3.8, 4) is 6.19 Å². The minimum atomic E-state index is -0.635. The van der Waals surface area contributed by atoms with Gasteiger partial charge in [-0.1, -0.05) is 32.0 Å². The van der Waals surface area contributed by atoms with Crippen molar-refractivity contribution >= 4 is 17.5 Å². The second-order valence-corrected chi connectivity index (χ2v) is 5.91. The summed E-state index contributed by atoms with van der Waals surface area (Å²) in [4.78, 5) is 25.4. The highest BCUT2D eigenvalue weighted by Gasteiger charge is 2.38. The van der Waals surface area contributed by atoms with Crippen molar-refractivity contribution in [2.45, 2.75) is 19.3 Å². The summed E-state index contributed by atoms with van der Waals surface area (Å²) in [6, 6.07) is 8.03. The predicted octanol–water partition coefficient (Wildman–Crippen LogP) is 1.94. The van der Waals surface area contributed by atoms with Gasteiger partial charge in [0, 0.05) is 23.8 Å². The fraction of sp³-hybridized carbons (Fsp3) is 0.235. The van der Waals surface area contributed by atoms with E-state index in [9.17, 15) is 9.59 Å². The van der Waals surface area contributed by atoms with E-state index in [4.69, 9.17) is 5.26 Å². The van der Waals surface area contributed by atoms with Crippen LogP contribution in [0.15, 0.2) is 39.6 Å². The number of nitriles is 1. The van der Waals surface area contributed by atoms with Gasteiger partial charge >= 0.3 is 0 Å².